The van der Waals surface area contributed by atoms with E-state index in [4.69, 9.17) is 4.74 Å². The standard InChI is InChI=1S/C16H26N4O2/c1-12(2)20-5-3-4-13(11-20)14-10-15(18-17-14)16(21)19-6-8-22-9-7-19/h10,12-13H,3-9,11H2,1-2H3,(H,17,18)/t13-/m1/s1. The maximum Gasteiger partial charge on any atom is 0.274 e. The zero-order valence-electron chi connectivity index (χ0n) is 13.5. The number of carbonyl (C=O) groups excluding carboxylic acids is 1. The van der Waals surface area contributed by atoms with E-state index in [1.54, 1.807) is 0 Å². The smallest absolute Gasteiger partial charge is 0.274 e. The number of aromatic nitrogens is 2. The van der Waals surface area contributed by atoms with Gasteiger partial charge in [-0.25, -0.2) is 0 Å². The molecule has 0 saturated carbocycles. The van der Waals surface area contributed by atoms with Crippen LogP contribution in [0.2, 0.25) is 0 Å². The van der Waals surface area contributed by atoms with E-state index in [-0.39, 0.29) is 5.91 Å². The average Bonchev–Trinajstić information content (AvgIpc) is 3.05. The number of amides is 1. The summed E-state index contributed by atoms with van der Waals surface area (Å²) in [4.78, 5) is 16.8. The van der Waals surface area contributed by atoms with E-state index in [1.807, 2.05) is 11.0 Å². The lowest BCUT2D eigenvalue weighted by molar-refractivity contribution is 0.0299. The molecule has 1 amide bonds. The van der Waals surface area contributed by atoms with E-state index >= 15 is 0 Å². The molecule has 6 nitrogen and oxygen atoms in total. The molecule has 1 atom stereocenters. The molecule has 22 heavy (non-hydrogen) atoms. The maximum absolute atomic E-state index is 12.4. The van der Waals surface area contributed by atoms with E-state index in [0.717, 1.165) is 18.7 Å². The molecule has 2 fully saturated rings. The van der Waals surface area contributed by atoms with Crippen molar-refractivity contribution in [3.8, 4) is 0 Å². The van der Waals surface area contributed by atoms with Gasteiger partial charge < -0.3 is 14.5 Å². The summed E-state index contributed by atoms with van der Waals surface area (Å²) in [7, 11) is 0. The number of nitrogens with zero attached hydrogens (tertiary/aromatic N) is 3. The highest BCUT2D eigenvalue weighted by Crippen LogP contribution is 2.27. The Kier molecular flexibility index (Phi) is 4.78. The molecule has 0 aliphatic carbocycles. The highest BCUT2D eigenvalue weighted by molar-refractivity contribution is 5.92. The Hall–Kier alpha value is -1.40. The summed E-state index contributed by atoms with van der Waals surface area (Å²) in [6.07, 6.45) is 2.37. The zero-order valence-corrected chi connectivity index (χ0v) is 13.5. The molecule has 3 rings (SSSR count). The van der Waals surface area contributed by atoms with Crippen molar-refractivity contribution in [3.63, 3.8) is 0 Å². The number of piperidine rings is 1. The summed E-state index contributed by atoms with van der Waals surface area (Å²) in [6.45, 7) is 9.25. The van der Waals surface area contributed by atoms with Gasteiger partial charge in [0.15, 0.2) is 0 Å². The fourth-order valence-electron chi connectivity index (χ4n) is 3.31. The quantitative estimate of drug-likeness (QED) is 0.918. The minimum atomic E-state index is 0.0160. The molecule has 3 heterocycles. The van der Waals surface area contributed by atoms with Gasteiger partial charge in [-0.2, -0.15) is 5.10 Å². The first-order valence-corrected chi connectivity index (χ1v) is 8.31. The third-order valence-electron chi connectivity index (χ3n) is 4.74. The summed E-state index contributed by atoms with van der Waals surface area (Å²) in [5.74, 6) is 0.470. The minimum Gasteiger partial charge on any atom is -0.378 e. The summed E-state index contributed by atoms with van der Waals surface area (Å²) in [6, 6.07) is 2.52. The fourth-order valence-corrected chi connectivity index (χ4v) is 3.31. The highest BCUT2D eigenvalue weighted by Gasteiger charge is 2.26. The van der Waals surface area contributed by atoms with Crippen molar-refractivity contribution in [1.29, 1.82) is 0 Å². The number of nitrogens with one attached hydrogen (secondary N) is 1. The Labute approximate surface area is 131 Å². The van der Waals surface area contributed by atoms with Crippen LogP contribution >= 0.6 is 0 Å². The largest absolute Gasteiger partial charge is 0.378 e. The van der Waals surface area contributed by atoms with Crippen molar-refractivity contribution in [2.75, 3.05) is 39.4 Å². The number of likely N-dealkylation sites (tertiary alicyclic amines) is 1. The summed E-state index contributed by atoms with van der Waals surface area (Å²) < 4.78 is 5.29. The van der Waals surface area contributed by atoms with Crippen LogP contribution < -0.4 is 0 Å². The molecule has 122 valence electrons. The van der Waals surface area contributed by atoms with Crippen LogP contribution in [0.25, 0.3) is 0 Å². The average molecular weight is 306 g/mol. The summed E-state index contributed by atoms with van der Waals surface area (Å²) in [5, 5.41) is 7.36. The van der Waals surface area contributed by atoms with Crippen LogP contribution in [-0.4, -0.2) is 71.3 Å². The van der Waals surface area contributed by atoms with E-state index in [0.29, 0.717) is 44.0 Å². The number of carbonyl (C=O) groups is 1. The molecular formula is C16H26N4O2. The topological polar surface area (TPSA) is 61.5 Å². The SMILES string of the molecule is CC(C)N1CCC[C@@H](c2cc(C(=O)N3CCOCC3)n[nH]2)C1. The number of H-pyrrole nitrogens is 1. The number of rotatable bonds is 3. The molecule has 1 aromatic heterocycles. The normalized spacial score (nSPS) is 24.0. The second kappa shape index (κ2) is 6.79. The monoisotopic (exact) mass is 306 g/mol. The van der Waals surface area contributed by atoms with Gasteiger partial charge in [-0.05, 0) is 39.3 Å². The highest BCUT2D eigenvalue weighted by atomic mass is 16.5. The van der Waals surface area contributed by atoms with Gasteiger partial charge >= 0.3 is 0 Å². The molecule has 6 heteroatoms. The Morgan fingerprint density at radius 3 is 2.86 bits per heavy atom. The molecule has 2 aliphatic rings. The number of aromatic amines is 1. The zero-order chi connectivity index (χ0) is 15.5. The van der Waals surface area contributed by atoms with E-state index < -0.39 is 0 Å². The van der Waals surface area contributed by atoms with Crippen LogP contribution in [0.4, 0.5) is 0 Å². The molecule has 0 spiro atoms. The third-order valence-corrected chi connectivity index (χ3v) is 4.74. The Balaban J connectivity index is 1.66. The van der Waals surface area contributed by atoms with Crippen LogP contribution in [0.3, 0.4) is 0 Å². The maximum atomic E-state index is 12.4. The molecule has 1 aromatic rings. The number of ether oxygens (including phenoxy) is 1. The lowest BCUT2D eigenvalue weighted by atomic mass is 9.94. The Morgan fingerprint density at radius 2 is 2.14 bits per heavy atom. The van der Waals surface area contributed by atoms with Crippen molar-refractivity contribution in [1.82, 2.24) is 20.0 Å². The van der Waals surface area contributed by atoms with E-state index in [2.05, 4.69) is 28.9 Å². The fraction of sp³-hybridized carbons (Fsp3) is 0.750. The van der Waals surface area contributed by atoms with Gasteiger partial charge in [-0.1, -0.05) is 0 Å². The third kappa shape index (κ3) is 3.33. The first-order chi connectivity index (χ1) is 10.6. The van der Waals surface area contributed by atoms with Gasteiger partial charge in [0.25, 0.3) is 5.91 Å². The van der Waals surface area contributed by atoms with Crippen molar-refractivity contribution in [2.45, 2.75) is 38.6 Å². The molecule has 0 unspecified atom stereocenters. The first-order valence-electron chi connectivity index (χ1n) is 8.31. The molecular weight excluding hydrogens is 280 g/mol. The van der Waals surface area contributed by atoms with Crippen molar-refractivity contribution < 1.29 is 9.53 Å². The van der Waals surface area contributed by atoms with Crippen LogP contribution in [0, 0.1) is 0 Å². The molecule has 2 saturated heterocycles. The van der Waals surface area contributed by atoms with E-state index in [1.165, 1.54) is 13.0 Å². The van der Waals surface area contributed by atoms with Gasteiger partial charge in [0.1, 0.15) is 5.69 Å². The number of morpholine rings is 1. The first kappa shape index (κ1) is 15.5. The van der Waals surface area contributed by atoms with Gasteiger partial charge in [0, 0.05) is 37.3 Å². The number of hydrogen-bond acceptors (Lipinski definition) is 4. The van der Waals surface area contributed by atoms with Crippen LogP contribution in [0.15, 0.2) is 6.07 Å². The van der Waals surface area contributed by atoms with Gasteiger partial charge in [0.05, 0.1) is 13.2 Å². The lowest BCUT2D eigenvalue weighted by Crippen LogP contribution is -2.40. The van der Waals surface area contributed by atoms with Crippen molar-refractivity contribution in [2.24, 2.45) is 0 Å². The molecule has 0 bridgehead atoms. The van der Waals surface area contributed by atoms with Crippen LogP contribution in [-0.2, 0) is 4.74 Å². The second-order valence-corrected chi connectivity index (χ2v) is 6.54. The molecule has 0 aromatic carbocycles. The minimum absolute atomic E-state index is 0.0160. The molecule has 2 aliphatic heterocycles. The van der Waals surface area contributed by atoms with Crippen molar-refractivity contribution in [3.05, 3.63) is 17.5 Å². The summed E-state index contributed by atoms with van der Waals surface area (Å²) in [5.41, 5.74) is 1.64. The van der Waals surface area contributed by atoms with Gasteiger partial charge in [-0.3, -0.25) is 9.89 Å². The van der Waals surface area contributed by atoms with E-state index in [9.17, 15) is 4.79 Å². The number of hydrogen-bond donors (Lipinski definition) is 1. The predicted molar refractivity (Wildman–Crippen MR) is 84.0 cm³/mol. The van der Waals surface area contributed by atoms with Crippen molar-refractivity contribution >= 4 is 5.91 Å². The Morgan fingerprint density at radius 1 is 1.36 bits per heavy atom. The Bertz CT molecular complexity index is 508. The molecule has 0 radical (unpaired) electrons. The van der Waals surface area contributed by atoms with Crippen LogP contribution in [0.1, 0.15) is 48.8 Å². The predicted octanol–water partition coefficient (Wildman–Crippen LogP) is 1.47. The van der Waals surface area contributed by atoms with Crippen LogP contribution in [0.5, 0.6) is 0 Å². The lowest BCUT2D eigenvalue weighted by Gasteiger charge is -2.34. The second-order valence-electron chi connectivity index (χ2n) is 6.54. The van der Waals surface area contributed by atoms with Gasteiger partial charge in [0.2, 0.25) is 0 Å². The van der Waals surface area contributed by atoms with Gasteiger partial charge in [-0.15, -0.1) is 0 Å². The molecule has 1 N–H and O–H groups in total. The summed E-state index contributed by atoms with van der Waals surface area (Å²) >= 11 is 0.